The first-order valence-electron chi connectivity index (χ1n) is 4.97. The third-order valence-electron chi connectivity index (χ3n) is 2.12. The molecule has 1 aromatic carbocycles. The Morgan fingerprint density at radius 1 is 1.65 bits per heavy atom. The standard InChI is InChI=1S/C11H14ClNO3S/c1-16-6-7(5-14)13-11(15)9-4-8(17)2-3-10(9)12/h2-4,7,14,17H,5-6H2,1H3,(H,13,15). The number of ether oxygens (including phenoxy) is 1. The molecule has 0 aliphatic carbocycles. The van der Waals surface area contributed by atoms with Crippen LogP contribution in [0.4, 0.5) is 0 Å². The summed E-state index contributed by atoms with van der Waals surface area (Å²) in [5, 5.41) is 12.0. The lowest BCUT2D eigenvalue weighted by atomic mass is 10.2. The number of methoxy groups -OCH3 is 1. The molecule has 1 unspecified atom stereocenters. The van der Waals surface area contributed by atoms with Crippen LogP contribution in [0.3, 0.4) is 0 Å². The monoisotopic (exact) mass is 275 g/mol. The van der Waals surface area contributed by atoms with Crippen molar-refractivity contribution in [3.05, 3.63) is 28.8 Å². The number of hydrogen-bond acceptors (Lipinski definition) is 4. The Bertz CT molecular complexity index is 400. The van der Waals surface area contributed by atoms with Crippen molar-refractivity contribution in [1.82, 2.24) is 5.32 Å². The van der Waals surface area contributed by atoms with Gasteiger partial charge in [-0.05, 0) is 18.2 Å². The summed E-state index contributed by atoms with van der Waals surface area (Å²) >= 11 is 10.0. The highest BCUT2D eigenvalue weighted by Gasteiger charge is 2.15. The van der Waals surface area contributed by atoms with Gasteiger partial charge in [0, 0.05) is 12.0 Å². The number of aliphatic hydroxyl groups is 1. The molecule has 0 bridgehead atoms. The maximum absolute atomic E-state index is 11.9. The lowest BCUT2D eigenvalue weighted by Crippen LogP contribution is -2.40. The van der Waals surface area contributed by atoms with Gasteiger partial charge in [0.25, 0.3) is 5.91 Å². The molecule has 1 aromatic rings. The molecule has 0 saturated heterocycles. The molecule has 0 radical (unpaired) electrons. The van der Waals surface area contributed by atoms with E-state index < -0.39 is 6.04 Å². The van der Waals surface area contributed by atoms with Crippen LogP contribution in [0, 0.1) is 0 Å². The molecule has 0 fully saturated rings. The SMILES string of the molecule is COCC(CO)NC(=O)c1cc(S)ccc1Cl. The largest absolute Gasteiger partial charge is 0.394 e. The molecular formula is C11H14ClNO3S. The van der Waals surface area contributed by atoms with Crippen LogP contribution in [0.2, 0.25) is 5.02 Å². The molecule has 0 aliphatic rings. The van der Waals surface area contributed by atoms with Gasteiger partial charge in [-0.1, -0.05) is 11.6 Å². The van der Waals surface area contributed by atoms with Gasteiger partial charge in [0.1, 0.15) is 0 Å². The normalized spacial score (nSPS) is 12.2. The van der Waals surface area contributed by atoms with Crippen LogP contribution in [0.5, 0.6) is 0 Å². The molecule has 4 nitrogen and oxygen atoms in total. The smallest absolute Gasteiger partial charge is 0.253 e. The number of halogens is 1. The molecule has 2 N–H and O–H groups in total. The minimum atomic E-state index is -0.452. The molecule has 6 heteroatoms. The second-order valence-electron chi connectivity index (χ2n) is 3.47. The number of nitrogens with one attached hydrogen (secondary N) is 1. The summed E-state index contributed by atoms with van der Waals surface area (Å²) in [6.45, 7) is 0.0399. The first kappa shape index (κ1) is 14.3. The fourth-order valence-electron chi connectivity index (χ4n) is 1.29. The average Bonchev–Trinajstić information content (AvgIpc) is 2.31. The van der Waals surface area contributed by atoms with Crippen LogP contribution in [-0.2, 0) is 4.74 Å². The van der Waals surface area contributed by atoms with Gasteiger partial charge in [-0.25, -0.2) is 0 Å². The van der Waals surface area contributed by atoms with E-state index in [0.717, 1.165) is 0 Å². The molecule has 0 aromatic heterocycles. The second-order valence-corrected chi connectivity index (χ2v) is 4.40. The molecule has 0 spiro atoms. The van der Waals surface area contributed by atoms with Crippen molar-refractivity contribution in [2.45, 2.75) is 10.9 Å². The van der Waals surface area contributed by atoms with Crippen LogP contribution >= 0.6 is 24.2 Å². The lowest BCUT2D eigenvalue weighted by Gasteiger charge is -2.15. The Labute approximate surface area is 110 Å². The van der Waals surface area contributed by atoms with Gasteiger partial charge < -0.3 is 15.2 Å². The van der Waals surface area contributed by atoms with Gasteiger partial charge in [0.2, 0.25) is 0 Å². The van der Waals surface area contributed by atoms with Crippen molar-refractivity contribution < 1.29 is 14.6 Å². The van der Waals surface area contributed by atoms with Crippen molar-refractivity contribution in [2.24, 2.45) is 0 Å². The number of amides is 1. The molecule has 1 atom stereocenters. The minimum Gasteiger partial charge on any atom is -0.394 e. The highest BCUT2D eigenvalue weighted by atomic mass is 35.5. The Hall–Kier alpha value is -0.750. The second kappa shape index (κ2) is 6.86. The quantitative estimate of drug-likeness (QED) is 0.712. The Morgan fingerprint density at radius 2 is 2.35 bits per heavy atom. The Kier molecular flexibility index (Phi) is 5.77. The molecular weight excluding hydrogens is 262 g/mol. The summed E-state index contributed by atoms with van der Waals surface area (Å²) in [5.41, 5.74) is 0.328. The number of carbonyl (C=O) groups is 1. The van der Waals surface area contributed by atoms with Crippen molar-refractivity contribution in [2.75, 3.05) is 20.3 Å². The number of aliphatic hydroxyl groups excluding tert-OH is 1. The van der Waals surface area contributed by atoms with Gasteiger partial charge >= 0.3 is 0 Å². The topological polar surface area (TPSA) is 58.6 Å². The fourth-order valence-corrected chi connectivity index (χ4v) is 1.70. The fraction of sp³-hybridized carbons (Fsp3) is 0.364. The summed E-state index contributed by atoms with van der Waals surface area (Å²) in [6, 6.07) is 4.42. The summed E-state index contributed by atoms with van der Waals surface area (Å²) in [7, 11) is 1.50. The van der Waals surface area contributed by atoms with Gasteiger partial charge in [0.15, 0.2) is 0 Å². The van der Waals surface area contributed by atoms with E-state index >= 15 is 0 Å². The number of rotatable bonds is 5. The lowest BCUT2D eigenvalue weighted by molar-refractivity contribution is 0.0839. The van der Waals surface area contributed by atoms with E-state index in [1.165, 1.54) is 7.11 Å². The third-order valence-corrected chi connectivity index (χ3v) is 2.73. The van der Waals surface area contributed by atoms with Crippen LogP contribution in [0.25, 0.3) is 0 Å². The number of benzene rings is 1. The molecule has 94 valence electrons. The van der Waals surface area contributed by atoms with Crippen LogP contribution < -0.4 is 5.32 Å². The number of thiol groups is 1. The van der Waals surface area contributed by atoms with Crippen LogP contribution in [0.15, 0.2) is 23.1 Å². The zero-order chi connectivity index (χ0) is 12.8. The van der Waals surface area contributed by atoms with Crippen LogP contribution in [-0.4, -0.2) is 37.4 Å². The molecule has 0 aliphatic heterocycles. The first-order valence-corrected chi connectivity index (χ1v) is 5.80. The Morgan fingerprint density at radius 3 is 2.94 bits per heavy atom. The molecule has 0 saturated carbocycles. The van der Waals surface area contributed by atoms with E-state index in [1.807, 2.05) is 0 Å². The summed E-state index contributed by atoms with van der Waals surface area (Å²) < 4.78 is 4.86. The maximum Gasteiger partial charge on any atom is 0.253 e. The summed E-state index contributed by atoms with van der Waals surface area (Å²) in [6.07, 6.45) is 0. The predicted octanol–water partition coefficient (Wildman–Crippen LogP) is 1.37. The minimum absolute atomic E-state index is 0.197. The van der Waals surface area contributed by atoms with Gasteiger partial charge in [-0.2, -0.15) is 0 Å². The third kappa shape index (κ3) is 4.20. The van der Waals surface area contributed by atoms with E-state index in [2.05, 4.69) is 17.9 Å². The summed E-state index contributed by atoms with van der Waals surface area (Å²) in [5.74, 6) is -0.359. The maximum atomic E-state index is 11.9. The van der Waals surface area contributed by atoms with E-state index in [4.69, 9.17) is 21.4 Å². The average molecular weight is 276 g/mol. The number of hydrogen-bond donors (Lipinski definition) is 3. The summed E-state index contributed by atoms with van der Waals surface area (Å²) in [4.78, 5) is 12.5. The zero-order valence-corrected chi connectivity index (χ0v) is 11.0. The van der Waals surface area contributed by atoms with E-state index in [0.29, 0.717) is 15.5 Å². The van der Waals surface area contributed by atoms with Gasteiger partial charge in [-0.3, -0.25) is 4.79 Å². The van der Waals surface area contributed by atoms with E-state index in [1.54, 1.807) is 18.2 Å². The molecule has 1 amide bonds. The van der Waals surface area contributed by atoms with Crippen molar-refractivity contribution in [3.8, 4) is 0 Å². The van der Waals surface area contributed by atoms with E-state index in [9.17, 15) is 4.79 Å². The van der Waals surface area contributed by atoms with Gasteiger partial charge in [0.05, 0.1) is 29.8 Å². The highest BCUT2D eigenvalue weighted by Crippen LogP contribution is 2.19. The van der Waals surface area contributed by atoms with E-state index in [-0.39, 0.29) is 19.1 Å². The number of carbonyl (C=O) groups excluding carboxylic acids is 1. The van der Waals surface area contributed by atoms with Crippen molar-refractivity contribution in [3.63, 3.8) is 0 Å². The van der Waals surface area contributed by atoms with Crippen LogP contribution in [0.1, 0.15) is 10.4 Å². The predicted molar refractivity (Wildman–Crippen MR) is 68.9 cm³/mol. The zero-order valence-electron chi connectivity index (χ0n) is 9.31. The Balaban J connectivity index is 2.78. The first-order chi connectivity index (χ1) is 8.08. The molecule has 0 heterocycles. The molecule has 1 rings (SSSR count). The molecule has 17 heavy (non-hydrogen) atoms. The van der Waals surface area contributed by atoms with Crippen molar-refractivity contribution >= 4 is 30.1 Å². The highest BCUT2D eigenvalue weighted by molar-refractivity contribution is 7.80. The van der Waals surface area contributed by atoms with Crippen molar-refractivity contribution in [1.29, 1.82) is 0 Å². The van der Waals surface area contributed by atoms with Gasteiger partial charge in [-0.15, -0.1) is 12.6 Å².